The summed E-state index contributed by atoms with van der Waals surface area (Å²) in [6, 6.07) is 13.2. The van der Waals surface area contributed by atoms with Crippen molar-refractivity contribution in [1.29, 1.82) is 0 Å². The molecule has 0 amide bonds. The number of Topliss-reactive ketones (excluding diaryl/α,β-unsaturated/α-hetero) is 1. The lowest BCUT2D eigenvalue weighted by Crippen LogP contribution is -2.25. The van der Waals surface area contributed by atoms with Crippen molar-refractivity contribution in [3.63, 3.8) is 0 Å². The van der Waals surface area contributed by atoms with Crippen LogP contribution in [0.5, 0.6) is 5.75 Å². The normalized spacial score (nSPS) is 11.8. The van der Waals surface area contributed by atoms with Crippen molar-refractivity contribution in [2.75, 3.05) is 6.61 Å². The van der Waals surface area contributed by atoms with Gasteiger partial charge in [0.1, 0.15) is 30.1 Å². The van der Waals surface area contributed by atoms with Crippen LogP contribution in [0.2, 0.25) is 0 Å². The van der Waals surface area contributed by atoms with Crippen LogP contribution in [0.3, 0.4) is 0 Å². The Bertz CT molecular complexity index is 973. The minimum absolute atomic E-state index is 0. The van der Waals surface area contributed by atoms with E-state index in [0.717, 1.165) is 11.4 Å². The summed E-state index contributed by atoms with van der Waals surface area (Å²) in [7, 11) is 0. The molecular formula is C24H28ClFN2O3. The van der Waals surface area contributed by atoms with E-state index in [1.165, 1.54) is 12.1 Å². The fraction of sp³-hybridized carbons (Fsp3) is 0.333. The minimum atomic E-state index is -0.737. The summed E-state index contributed by atoms with van der Waals surface area (Å²) in [4.78, 5) is 17.0. The number of aromatic nitrogens is 2. The second-order valence-electron chi connectivity index (χ2n) is 7.60. The van der Waals surface area contributed by atoms with Gasteiger partial charge in [-0.05, 0) is 36.2 Å². The molecule has 0 saturated carbocycles. The summed E-state index contributed by atoms with van der Waals surface area (Å²) in [6.07, 6.45) is 3.64. The first-order valence-electron chi connectivity index (χ1n) is 10.1. The largest absolute Gasteiger partial charge is 0.490 e. The number of carbonyl (C=O) groups excluding carboxylic acids is 1. The highest BCUT2D eigenvalue weighted by Gasteiger charge is 2.15. The van der Waals surface area contributed by atoms with Gasteiger partial charge in [-0.1, -0.05) is 38.1 Å². The Kier molecular flexibility index (Phi) is 9.21. The van der Waals surface area contributed by atoms with Crippen molar-refractivity contribution in [1.82, 2.24) is 9.55 Å². The molecule has 0 bridgehead atoms. The van der Waals surface area contributed by atoms with E-state index in [0.29, 0.717) is 30.7 Å². The quantitative estimate of drug-likeness (QED) is 0.453. The molecule has 31 heavy (non-hydrogen) atoms. The number of aliphatic hydroxyl groups is 1. The zero-order valence-corrected chi connectivity index (χ0v) is 18.5. The molecule has 166 valence electrons. The van der Waals surface area contributed by atoms with Crippen LogP contribution in [0.25, 0.3) is 0 Å². The maximum absolute atomic E-state index is 13.0. The monoisotopic (exact) mass is 446 g/mol. The van der Waals surface area contributed by atoms with Crippen LogP contribution in [0.15, 0.2) is 60.9 Å². The molecule has 0 aliphatic heterocycles. The lowest BCUT2D eigenvalue weighted by atomic mass is 10.0. The number of carbonyl (C=O) groups is 1. The third-order valence-electron chi connectivity index (χ3n) is 4.84. The Morgan fingerprint density at radius 3 is 2.58 bits per heavy atom. The summed E-state index contributed by atoms with van der Waals surface area (Å²) in [5.41, 5.74) is 1.39. The lowest BCUT2D eigenvalue weighted by Gasteiger charge is -2.17. The number of aliphatic hydroxyl groups excluding tert-OH is 1. The standard InChI is InChI=1S/C24H27FN2O3.ClH/c1-17(2)24-26-13-14-27(24)15-20(28)16-30-23-6-4-3-5-21(23)22(29)12-9-18-7-10-19(25)11-8-18;/h3-8,10-11,13-14,17,20,28H,9,12,15-16H2,1-2H3;1H. The fourth-order valence-corrected chi connectivity index (χ4v) is 3.31. The zero-order chi connectivity index (χ0) is 21.5. The van der Waals surface area contributed by atoms with Crippen LogP contribution < -0.4 is 4.74 Å². The number of aryl methyl sites for hydroxylation is 1. The van der Waals surface area contributed by atoms with Crippen LogP contribution in [-0.2, 0) is 13.0 Å². The van der Waals surface area contributed by atoms with Gasteiger partial charge < -0.3 is 14.4 Å². The van der Waals surface area contributed by atoms with Gasteiger partial charge in [0.2, 0.25) is 0 Å². The first-order valence-corrected chi connectivity index (χ1v) is 10.1. The predicted octanol–water partition coefficient (Wildman–Crippen LogP) is 4.82. The van der Waals surface area contributed by atoms with E-state index in [1.807, 2.05) is 10.8 Å². The number of benzene rings is 2. The van der Waals surface area contributed by atoms with E-state index in [-0.39, 0.29) is 36.5 Å². The molecule has 1 atom stereocenters. The Morgan fingerprint density at radius 2 is 1.87 bits per heavy atom. The topological polar surface area (TPSA) is 64.3 Å². The van der Waals surface area contributed by atoms with E-state index in [4.69, 9.17) is 4.74 Å². The SMILES string of the molecule is CC(C)c1nccn1CC(O)COc1ccccc1C(=O)CCc1ccc(F)cc1.Cl. The van der Waals surface area contributed by atoms with E-state index < -0.39 is 6.10 Å². The highest BCUT2D eigenvalue weighted by atomic mass is 35.5. The average Bonchev–Trinajstić information content (AvgIpc) is 3.20. The van der Waals surface area contributed by atoms with E-state index in [2.05, 4.69) is 18.8 Å². The molecular weight excluding hydrogens is 419 g/mol. The third kappa shape index (κ3) is 6.91. The molecule has 0 radical (unpaired) electrons. The lowest BCUT2D eigenvalue weighted by molar-refractivity contribution is 0.0882. The van der Waals surface area contributed by atoms with Crippen LogP contribution in [0, 0.1) is 5.82 Å². The van der Waals surface area contributed by atoms with Gasteiger partial charge >= 0.3 is 0 Å². The third-order valence-corrected chi connectivity index (χ3v) is 4.84. The molecule has 0 saturated heterocycles. The highest BCUT2D eigenvalue weighted by molar-refractivity contribution is 5.98. The molecule has 0 fully saturated rings. The maximum atomic E-state index is 13.0. The number of rotatable bonds is 10. The second-order valence-corrected chi connectivity index (χ2v) is 7.60. The average molecular weight is 447 g/mol. The molecule has 0 aliphatic rings. The molecule has 2 aromatic carbocycles. The summed E-state index contributed by atoms with van der Waals surface area (Å²) in [5.74, 6) is 1.27. The number of halogens is 2. The Balaban J connectivity index is 0.00000341. The van der Waals surface area contributed by atoms with Gasteiger partial charge in [-0.3, -0.25) is 4.79 Å². The molecule has 0 aliphatic carbocycles. The number of ether oxygens (including phenoxy) is 1. The van der Waals surface area contributed by atoms with Gasteiger partial charge in [-0.15, -0.1) is 12.4 Å². The first-order chi connectivity index (χ1) is 14.4. The Morgan fingerprint density at radius 1 is 1.16 bits per heavy atom. The molecule has 3 rings (SSSR count). The van der Waals surface area contributed by atoms with Crippen molar-refractivity contribution in [2.24, 2.45) is 0 Å². The van der Waals surface area contributed by atoms with Crippen molar-refractivity contribution in [3.8, 4) is 5.75 Å². The fourth-order valence-electron chi connectivity index (χ4n) is 3.31. The van der Waals surface area contributed by atoms with Crippen LogP contribution in [0.4, 0.5) is 4.39 Å². The molecule has 1 aromatic heterocycles. The number of imidazole rings is 1. The summed E-state index contributed by atoms with van der Waals surface area (Å²) in [6.45, 7) is 4.54. The van der Waals surface area contributed by atoms with Gasteiger partial charge in [-0.25, -0.2) is 9.37 Å². The van der Waals surface area contributed by atoms with Crippen molar-refractivity contribution in [3.05, 3.63) is 83.7 Å². The van der Waals surface area contributed by atoms with Crippen molar-refractivity contribution in [2.45, 2.75) is 45.3 Å². The van der Waals surface area contributed by atoms with Crippen LogP contribution >= 0.6 is 12.4 Å². The van der Waals surface area contributed by atoms with Crippen LogP contribution in [0.1, 0.15) is 47.9 Å². The number of hydrogen-bond acceptors (Lipinski definition) is 4. The molecule has 3 aromatic rings. The molecule has 1 N–H and O–H groups in total. The summed E-state index contributed by atoms with van der Waals surface area (Å²) >= 11 is 0. The van der Waals surface area contributed by atoms with Gasteiger partial charge in [0.25, 0.3) is 0 Å². The number of hydrogen-bond donors (Lipinski definition) is 1. The smallest absolute Gasteiger partial charge is 0.166 e. The molecule has 1 unspecified atom stereocenters. The van der Waals surface area contributed by atoms with Crippen molar-refractivity contribution < 1.29 is 19.0 Å². The molecule has 0 spiro atoms. The van der Waals surface area contributed by atoms with Gasteiger partial charge in [0.15, 0.2) is 5.78 Å². The first kappa shape index (κ1) is 24.6. The number of ketones is 1. The van der Waals surface area contributed by atoms with E-state index in [1.54, 1.807) is 42.6 Å². The number of nitrogens with zero attached hydrogens (tertiary/aromatic N) is 2. The minimum Gasteiger partial charge on any atom is -0.490 e. The summed E-state index contributed by atoms with van der Waals surface area (Å²) < 4.78 is 20.7. The molecule has 7 heteroatoms. The molecule has 1 heterocycles. The Hall–Kier alpha value is -2.70. The second kappa shape index (κ2) is 11.6. The highest BCUT2D eigenvalue weighted by Crippen LogP contribution is 2.21. The van der Waals surface area contributed by atoms with E-state index >= 15 is 0 Å². The maximum Gasteiger partial charge on any atom is 0.166 e. The van der Waals surface area contributed by atoms with E-state index in [9.17, 15) is 14.3 Å². The van der Waals surface area contributed by atoms with Gasteiger partial charge in [-0.2, -0.15) is 0 Å². The zero-order valence-electron chi connectivity index (χ0n) is 17.7. The van der Waals surface area contributed by atoms with Crippen molar-refractivity contribution >= 4 is 18.2 Å². The molecule has 5 nitrogen and oxygen atoms in total. The number of para-hydroxylation sites is 1. The van der Waals surface area contributed by atoms with Gasteiger partial charge in [0, 0.05) is 24.7 Å². The van der Waals surface area contributed by atoms with Gasteiger partial charge in [0.05, 0.1) is 12.1 Å². The predicted molar refractivity (Wildman–Crippen MR) is 121 cm³/mol. The van der Waals surface area contributed by atoms with Crippen LogP contribution in [-0.4, -0.2) is 33.2 Å². The Labute approximate surface area is 188 Å². The summed E-state index contributed by atoms with van der Waals surface area (Å²) in [5, 5.41) is 10.4.